The van der Waals surface area contributed by atoms with Gasteiger partial charge >= 0.3 is 5.97 Å². The van der Waals surface area contributed by atoms with Crippen LogP contribution in [0.5, 0.6) is 0 Å². The van der Waals surface area contributed by atoms with Crippen LogP contribution in [-0.2, 0) is 4.74 Å². The number of aryl methyl sites for hydroxylation is 1. The fourth-order valence-electron chi connectivity index (χ4n) is 3.13. The maximum atomic E-state index is 14.1. The number of hydrogen-bond acceptors (Lipinski definition) is 4. The van der Waals surface area contributed by atoms with E-state index < -0.39 is 11.8 Å². The van der Waals surface area contributed by atoms with E-state index in [0.29, 0.717) is 12.5 Å². The minimum Gasteiger partial charge on any atom is -0.462 e. The highest BCUT2D eigenvalue weighted by Gasteiger charge is 2.27. The van der Waals surface area contributed by atoms with E-state index in [1.165, 1.54) is 31.4 Å². The third-order valence-corrected chi connectivity index (χ3v) is 4.76. The van der Waals surface area contributed by atoms with E-state index >= 15 is 0 Å². The van der Waals surface area contributed by atoms with E-state index in [1.54, 1.807) is 13.0 Å². The number of carbonyl (C=O) groups is 1. The van der Waals surface area contributed by atoms with Crippen molar-refractivity contribution in [2.45, 2.75) is 39.0 Å². The van der Waals surface area contributed by atoms with Gasteiger partial charge in [-0.05, 0) is 37.8 Å². The Labute approximate surface area is 144 Å². The minimum atomic E-state index is -0.558. The number of nitrogens with zero attached hydrogens (tertiary/aromatic N) is 1. The minimum absolute atomic E-state index is 0.0561. The largest absolute Gasteiger partial charge is 0.462 e. The molecule has 0 aliphatic heterocycles. The third kappa shape index (κ3) is 3.46. The van der Waals surface area contributed by atoms with Crippen LogP contribution >= 0.6 is 11.6 Å². The lowest BCUT2D eigenvalue weighted by atomic mass is 9.90. The van der Waals surface area contributed by atoms with Crippen molar-refractivity contribution in [2.24, 2.45) is 5.92 Å². The molecule has 0 bridgehead atoms. The van der Waals surface area contributed by atoms with Crippen LogP contribution in [0.1, 0.15) is 48.2 Å². The van der Waals surface area contributed by atoms with Crippen LogP contribution in [0.2, 0.25) is 5.02 Å². The second-order valence-corrected chi connectivity index (χ2v) is 6.57. The summed E-state index contributed by atoms with van der Waals surface area (Å²) < 4.78 is 24.7. The topological polar surface area (TPSA) is 52.3 Å². The van der Waals surface area contributed by atoms with Crippen LogP contribution in [0, 0.1) is 18.7 Å². The summed E-state index contributed by atoms with van der Waals surface area (Å²) in [7, 11) is 0. The molecule has 1 heterocycles. The molecule has 1 aliphatic rings. The monoisotopic (exact) mass is 351 g/mol. The van der Waals surface area contributed by atoms with Crippen molar-refractivity contribution in [3.8, 4) is 11.3 Å². The summed E-state index contributed by atoms with van der Waals surface area (Å²) in [6.07, 6.45) is 5.73. The molecule has 128 valence electrons. The summed E-state index contributed by atoms with van der Waals surface area (Å²) in [6.45, 7) is 1.97. The lowest BCUT2D eigenvalue weighted by Crippen LogP contribution is -2.17. The average molecular weight is 352 g/mol. The smallest absolute Gasteiger partial charge is 0.344 e. The first-order valence-electron chi connectivity index (χ1n) is 8.15. The van der Waals surface area contributed by atoms with E-state index in [2.05, 4.69) is 5.16 Å². The highest BCUT2D eigenvalue weighted by atomic mass is 35.5. The van der Waals surface area contributed by atoms with Crippen molar-refractivity contribution < 1.29 is 18.4 Å². The average Bonchev–Trinajstić information content (AvgIpc) is 2.95. The lowest BCUT2D eigenvalue weighted by Gasteiger charge is -2.21. The summed E-state index contributed by atoms with van der Waals surface area (Å²) in [5, 5.41) is 3.99. The molecule has 24 heavy (non-hydrogen) atoms. The van der Waals surface area contributed by atoms with E-state index in [9.17, 15) is 9.18 Å². The number of rotatable bonds is 4. The number of ether oxygens (including phenoxy) is 1. The number of benzene rings is 1. The zero-order chi connectivity index (χ0) is 17.1. The number of esters is 1. The van der Waals surface area contributed by atoms with Crippen molar-refractivity contribution in [1.82, 2.24) is 5.16 Å². The molecule has 1 saturated carbocycles. The Bertz CT molecular complexity index is 718. The maximum Gasteiger partial charge on any atom is 0.344 e. The molecule has 0 saturated heterocycles. The van der Waals surface area contributed by atoms with Gasteiger partial charge in [0.15, 0.2) is 0 Å². The molecule has 0 atom stereocenters. The standard InChI is InChI=1S/C18H19ClFNO3/c1-11-15(18(22)23-10-12-6-3-2-4-7-12)17(21-24-11)16-13(19)8-5-9-14(16)20/h5,8-9,12H,2-4,6-7,10H2,1H3. The summed E-state index contributed by atoms with van der Waals surface area (Å²) in [6, 6.07) is 4.30. The van der Waals surface area contributed by atoms with Crippen molar-refractivity contribution in [1.29, 1.82) is 0 Å². The molecule has 3 rings (SSSR count). The van der Waals surface area contributed by atoms with Gasteiger partial charge in [0.05, 0.1) is 17.2 Å². The van der Waals surface area contributed by atoms with Crippen LogP contribution in [-0.4, -0.2) is 17.7 Å². The van der Waals surface area contributed by atoms with Crippen LogP contribution in [0.3, 0.4) is 0 Å². The molecule has 1 fully saturated rings. The van der Waals surface area contributed by atoms with Gasteiger partial charge in [-0.1, -0.05) is 42.1 Å². The quantitative estimate of drug-likeness (QED) is 0.712. The Morgan fingerprint density at radius 1 is 1.38 bits per heavy atom. The van der Waals surface area contributed by atoms with E-state index in [4.69, 9.17) is 20.9 Å². The molecular weight excluding hydrogens is 333 g/mol. The first kappa shape index (κ1) is 17.0. The molecule has 1 aromatic heterocycles. The normalized spacial score (nSPS) is 15.5. The first-order chi connectivity index (χ1) is 11.6. The van der Waals surface area contributed by atoms with Crippen molar-refractivity contribution in [3.05, 3.63) is 40.4 Å². The van der Waals surface area contributed by atoms with Gasteiger partial charge < -0.3 is 9.26 Å². The van der Waals surface area contributed by atoms with Crippen molar-refractivity contribution in [2.75, 3.05) is 6.61 Å². The molecule has 0 unspecified atom stereocenters. The van der Waals surface area contributed by atoms with Gasteiger partial charge in [0, 0.05) is 0 Å². The second kappa shape index (κ2) is 7.34. The number of aromatic nitrogens is 1. The summed E-state index contributed by atoms with van der Waals surface area (Å²) in [5.74, 6) is -0.424. The summed E-state index contributed by atoms with van der Waals surface area (Å²) in [4.78, 5) is 12.5. The molecule has 0 spiro atoms. The molecule has 0 amide bonds. The van der Waals surface area contributed by atoms with Crippen LogP contribution in [0.4, 0.5) is 4.39 Å². The Kier molecular flexibility index (Phi) is 5.19. The fraction of sp³-hybridized carbons (Fsp3) is 0.444. The zero-order valence-corrected chi connectivity index (χ0v) is 14.2. The fourth-order valence-corrected chi connectivity index (χ4v) is 3.38. The molecule has 6 heteroatoms. The molecular formula is C18H19ClFNO3. The van der Waals surface area contributed by atoms with Gasteiger partial charge in [-0.15, -0.1) is 0 Å². The molecule has 0 N–H and O–H groups in total. The maximum absolute atomic E-state index is 14.1. The van der Waals surface area contributed by atoms with Gasteiger partial charge in [-0.25, -0.2) is 9.18 Å². The predicted octanol–water partition coefficient (Wildman–Crippen LogP) is 5.18. The van der Waals surface area contributed by atoms with Gasteiger partial charge in [0.25, 0.3) is 0 Å². The van der Waals surface area contributed by atoms with Gasteiger partial charge in [-0.3, -0.25) is 0 Å². The van der Waals surface area contributed by atoms with E-state index in [1.807, 2.05) is 0 Å². The Morgan fingerprint density at radius 3 is 2.83 bits per heavy atom. The molecule has 4 nitrogen and oxygen atoms in total. The molecule has 1 aliphatic carbocycles. The Balaban J connectivity index is 1.83. The van der Waals surface area contributed by atoms with Gasteiger partial charge in [-0.2, -0.15) is 0 Å². The highest BCUT2D eigenvalue weighted by molar-refractivity contribution is 6.33. The lowest BCUT2D eigenvalue weighted by molar-refractivity contribution is 0.0409. The predicted molar refractivity (Wildman–Crippen MR) is 88.5 cm³/mol. The molecule has 1 aromatic carbocycles. The van der Waals surface area contributed by atoms with Gasteiger partial charge in [0.2, 0.25) is 0 Å². The van der Waals surface area contributed by atoms with Crippen molar-refractivity contribution in [3.63, 3.8) is 0 Å². The Morgan fingerprint density at radius 2 is 2.12 bits per heavy atom. The number of hydrogen-bond donors (Lipinski definition) is 0. The summed E-state index contributed by atoms with van der Waals surface area (Å²) >= 11 is 6.07. The van der Waals surface area contributed by atoms with E-state index in [0.717, 1.165) is 12.8 Å². The zero-order valence-electron chi connectivity index (χ0n) is 13.5. The second-order valence-electron chi connectivity index (χ2n) is 6.16. The van der Waals surface area contributed by atoms with Crippen LogP contribution < -0.4 is 0 Å². The summed E-state index contributed by atoms with van der Waals surface area (Å²) in [5.41, 5.74) is 0.280. The third-order valence-electron chi connectivity index (χ3n) is 4.44. The molecule has 2 aromatic rings. The highest BCUT2D eigenvalue weighted by Crippen LogP contribution is 2.34. The number of carbonyl (C=O) groups excluding carboxylic acids is 1. The number of halogens is 2. The van der Waals surface area contributed by atoms with E-state index in [-0.39, 0.29) is 27.6 Å². The first-order valence-corrected chi connectivity index (χ1v) is 8.53. The Hall–Kier alpha value is -1.88. The van der Waals surface area contributed by atoms with Crippen molar-refractivity contribution >= 4 is 17.6 Å². The molecule has 0 radical (unpaired) electrons. The SMILES string of the molecule is Cc1onc(-c2c(F)cccc2Cl)c1C(=O)OCC1CCCCC1. The van der Waals surface area contributed by atoms with Gasteiger partial charge in [0.1, 0.15) is 22.8 Å². The van der Waals surface area contributed by atoms with Crippen LogP contribution in [0.15, 0.2) is 22.7 Å². The van der Waals surface area contributed by atoms with Crippen LogP contribution in [0.25, 0.3) is 11.3 Å².